The summed E-state index contributed by atoms with van der Waals surface area (Å²) in [4.78, 5) is 8.24. The Morgan fingerprint density at radius 1 is 1.12 bits per heavy atom. The molecule has 82 valence electrons. The highest BCUT2D eigenvalue weighted by Crippen LogP contribution is 2.04. The highest BCUT2D eigenvalue weighted by atomic mass is 15.4. The topological polar surface area (TPSA) is 65.2 Å². The quantitative estimate of drug-likeness (QED) is 0.583. The highest BCUT2D eigenvalue weighted by Gasteiger charge is 1.88. The lowest BCUT2D eigenvalue weighted by molar-refractivity contribution is 0.440. The average Bonchev–Trinajstić information content (AvgIpc) is 2.30. The normalized spacial score (nSPS) is 8.62. The van der Waals surface area contributed by atoms with Gasteiger partial charge in [0.05, 0.1) is 11.0 Å². The van der Waals surface area contributed by atoms with E-state index in [0.29, 0.717) is 0 Å². The van der Waals surface area contributed by atoms with Crippen molar-refractivity contribution in [2.75, 3.05) is 14.1 Å². The maximum Gasteiger partial charge on any atom is 0.111 e. The lowest BCUT2D eigenvalue weighted by Crippen LogP contribution is -1.99. The van der Waals surface area contributed by atoms with Crippen molar-refractivity contribution in [1.29, 1.82) is 5.41 Å². The monoisotopic (exact) mass is 215 g/mol. The fourth-order valence-electron chi connectivity index (χ4n) is 1.00. The van der Waals surface area contributed by atoms with Gasteiger partial charge >= 0.3 is 0 Å². The summed E-state index contributed by atoms with van der Waals surface area (Å²) in [7, 11) is 3.48. The summed E-state index contributed by atoms with van der Waals surface area (Å²) in [6.45, 7) is 0. The van der Waals surface area contributed by atoms with E-state index in [-0.39, 0.29) is 0 Å². The molecule has 5 heteroatoms. The molecule has 0 spiro atoms. The number of hydrogen-bond donors (Lipinski definition) is 1. The summed E-state index contributed by atoms with van der Waals surface area (Å²) >= 11 is 0. The zero-order valence-corrected chi connectivity index (χ0v) is 9.25. The molecule has 2 heterocycles. The van der Waals surface area contributed by atoms with Gasteiger partial charge in [-0.05, 0) is 24.3 Å². The smallest absolute Gasteiger partial charge is 0.111 e. The van der Waals surface area contributed by atoms with Gasteiger partial charge in [0, 0.05) is 26.5 Å². The third-order valence-corrected chi connectivity index (χ3v) is 1.62. The number of pyridine rings is 2. The Morgan fingerprint density at radius 2 is 1.62 bits per heavy atom. The fraction of sp³-hybridized carbons (Fsp3) is 0.182. The molecule has 1 N–H and O–H groups in total. The molecule has 0 saturated heterocycles. The molecule has 0 bridgehead atoms. The van der Waals surface area contributed by atoms with Crippen molar-refractivity contribution >= 4 is 17.0 Å². The van der Waals surface area contributed by atoms with Gasteiger partial charge in [-0.3, -0.25) is 15.0 Å². The molecule has 0 amide bonds. The second-order valence-electron chi connectivity index (χ2n) is 3.10. The maximum absolute atomic E-state index is 6.27. The van der Waals surface area contributed by atoms with Gasteiger partial charge in [-0.2, -0.15) is 0 Å². The van der Waals surface area contributed by atoms with E-state index in [9.17, 15) is 0 Å². The number of fused-ring (bicyclic) bond motifs is 1. The minimum Gasteiger partial charge on any atom is -0.294 e. The highest BCUT2D eigenvalue weighted by molar-refractivity contribution is 5.72. The molecule has 0 unspecified atom stereocenters. The Morgan fingerprint density at radius 3 is 1.94 bits per heavy atom. The first-order chi connectivity index (χ1) is 7.74. The third-order valence-electron chi connectivity index (χ3n) is 1.62. The van der Waals surface area contributed by atoms with E-state index < -0.39 is 0 Å². The molecule has 0 atom stereocenters. The third kappa shape index (κ3) is 3.86. The SMILES string of the molecule is CN(C)N=C=N.c1cnc2cccnc2c1. The summed E-state index contributed by atoms with van der Waals surface area (Å²) in [6, 6.07) is 9.53. The Hall–Kier alpha value is -2.26. The summed E-state index contributed by atoms with van der Waals surface area (Å²) in [5, 5.41) is 11.2. The van der Waals surface area contributed by atoms with Crippen molar-refractivity contribution < 1.29 is 0 Å². The zero-order valence-electron chi connectivity index (χ0n) is 9.25. The molecule has 0 radical (unpaired) electrons. The summed E-state index contributed by atoms with van der Waals surface area (Å²) < 4.78 is 0. The van der Waals surface area contributed by atoms with Crippen molar-refractivity contribution in [3.05, 3.63) is 36.7 Å². The lowest BCUT2D eigenvalue weighted by Gasteiger charge is -1.95. The van der Waals surface area contributed by atoms with Crippen molar-refractivity contribution in [3.63, 3.8) is 0 Å². The van der Waals surface area contributed by atoms with Gasteiger partial charge < -0.3 is 0 Å². The van der Waals surface area contributed by atoms with Gasteiger partial charge in [-0.25, -0.2) is 5.41 Å². The average molecular weight is 215 g/mol. The van der Waals surface area contributed by atoms with Crippen molar-refractivity contribution in [2.45, 2.75) is 0 Å². The van der Waals surface area contributed by atoms with Gasteiger partial charge in [0.15, 0.2) is 0 Å². The predicted octanol–water partition coefficient (Wildman–Crippen LogP) is 1.85. The molecule has 0 aliphatic heterocycles. The summed E-state index contributed by atoms with van der Waals surface area (Å²) in [5.74, 6) is 0. The molecule has 2 aromatic heterocycles. The van der Waals surface area contributed by atoms with Crippen LogP contribution in [0.5, 0.6) is 0 Å². The van der Waals surface area contributed by atoms with E-state index in [1.165, 1.54) is 5.01 Å². The van der Waals surface area contributed by atoms with Gasteiger partial charge in [-0.1, -0.05) is 0 Å². The first-order valence-corrected chi connectivity index (χ1v) is 4.69. The van der Waals surface area contributed by atoms with Gasteiger partial charge in [0.2, 0.25) is 0 Å². The minimum atomic E-state index is 0.949. The van der Waals surface area contributed by atoms with Crippen LogP contribution in [0.25, 0.3) is 11.0 Å². The molecule has 2 rings (SSSR count). The molecule has 16 heavy (non-hydrogen) atoms. The van der Waals surface area contributed by atoms with E-state index in [0.717, 1.165) is 11.0 Å². The lowest BCUT2D eigenvalue weighted by atomic mass is 10.3. The molecule has 0 aliphatic carbocycles. The number of nitrogens with one attached hydrogen (secondary N) is 1. The number of nitrogens with zero attached hydrogens (tertiary/aromatic N) is 4. The minimum absolute atomic E-state index is 0.949. The van der Waals surface area contributed by atoms with Crippen LogP contribution in [0.1, 0.15) is 0 Å². The van der Waals surface area contributed by atoms with E-state index in [1.807, 2.05) is 30.3 Å². The Labute approximate surface area is 94.0 Å². The number of rotatable bonds is 1. The van der Waals surface area contributed by atoms with Crippen LogP contribution in [0.15, 0.2) is 41.8 Å². The van der Waals surface area contributed by atoms with Crippen molar-refractivity contribution in [2.24, 2.45) is 5.10 Å². The number of hydrazone groups is 1. The molecule has 0 aromatic carbocycles. The van der Waals surface area contributed by atoms with Gasteiger partial charge in [0.1, 0.15) is 6.01 Å². The van der Waals surface area contributed by atoms with Gasteiger partial charge in [-0.15, -0.1) is 5.10 Å². The van der Waals surface area contributed by atoms with Crippen LogP contribution in [-0.4, -0.2) is 35.1 Å². The number of hydrogen-bond acceptors (Lipinski definition) is 5. The summed E-state index contributed by atoms with van der Waals surface area (Å²) in [5.41, 5.74) is 1.90. The second-order valence-corrected chi connectivity index (χ2v) is 3.10. The molecule has 2 aromatic rings. The molecule has 0 aliphatic rings. The maximum atomic E-state index is 6.27. The first kappa shape index (κ1) is 11.8. The van der Waals surface area contributed by atoms with Gasteiger partial charge in [0.25, 0.3) is 0 Å². The molecule has 0 saturated carbocycles. The molecular formula is C11H13N5. The van der Waals surface area contributed by atoms with E-state index in [2.05, 4.69) is 15.1 Å². The van der Waals surface area contributed by atoms with Crippen LogP contribution in [0.3, 0.4) is 0 Å². The fourth-order valence-corrected chi connectivity index (χ4v) is 1.00. The number of aromatic nitrogens is 2. The van der Waals surface area contributed by atoms with Crippen molar-refractivity contribution in [3.8, 4) is 0 Å². The van der Waals surface area contributed by atoms with Crippen LogP contribution in [-0.2, 0) is 0 Å². The Balaban J connectivity index is 0.000000187. The van der Waals surface area contributed by atoms with E-state index in [4.69, 9.17) is 5.41 Å². The largest absolute Gasteiger partial charge is 0.294 e. The Kier molecular flexibility index (Phi) is 4.63. The van der Waals surface area contributed by atoms with E-state index >= 15 is 0 Å². The van der Waals surface area contributed by atoms with Crippen LogP contribution >= 0.6 is 0 Å². The molecule has 5 nitrogen and oxygen atoms in total. The van der Waals surface area contributed by atoms with E-state index in [1.54, 1.807) is 26.5 Å². The summed E-state index contributed by atoms with van der Waals surface area (Å²) in [6.07, 6.45) is 3.54. The molecule has 0 fully saturated rings. The predicted molar refractivity (Wildman–Crippen MR) is 63.4 cm³/mol. The molecular weight excluding hydrogens is 202 g/mol. The standard InChI is InChI=1S/C8H6N2.C3H7N3/c1-3-7-8(9-5-1)4-2-6-10-7;1-6(2)5-3-4/h1-6H;4H,1-2H3. The van der Waals surface area contributed by atoms with Crippen LogP contribution in [0.4, 0.5) is 0 Å². The van der Waals surface area contributed by atoms with Crippen LogP contribution in [0, 0.1) is 5.41 Å². The second kappa shape index (κ2) is 6.27. The van der Waals surface area contributed by atoms with Crippen LogP contribution in [0.2, 0.25) is 0 Å². The zero-order chi connectivity index (χ0) is 11.8. The Bertz CT molecular complexity index is 423. The van der Waals surface area contributed by atoms with Crippen LogP contribution < -0.4 is 0 Å². The first-order valence-electron chi connectivity index (χ1n) is 4.69. The van der Waals surface area contributed by atoms with Crippen molar-refractivity contribution in [1.82, 2.24) is 15.0 Å².